The Hall–Kier alpha value is -1.44. The Bertz CT molecular complexity index is 625. The molecule has 0 aliphatic heterocycles. The Kier molecular flexibility index (Phi) is 7.20. The van der Waals surface area contributed by atoms with Crippen LogP contribution in [-0.2, 0) is 14.8 Å². The lowest BCUT2D eigenvalue weighted by atomic mass is 10.1. The van der Waals surface area contributed by atoms with Crippen LogP contribution in [0.4, 0.5) is 5.69 Å². The van der Waals surface area contributed by atoms with E-state index in [4.69, 9.17) is 5.73 Å². The number of carbonyl (C=O) groups is 1. The van der Waals surface area contributed by atoms with E-state index in [2.05, 4.69) is 10.0 Å². The molecular formula is C17H27N3O3S. The number of anilines is 1. The van der Waals surface area contributed by atoms with Crippen molar-refractivity contribution in [2.75, 3.05) is 18.4 Å². The van der Waals surface area contributed by atoms with E-state index in [1.165, 1.54) is 12.1 Å². The second-order valence-corrected chi connectivity index (χ2v) is 8.09. The van der Waals surface area contributed by atoms with Gasteiger partial charge in [-0.2, -0.15) is 0 Å². The molecule has 0 unspecified atom stereocenters. The molecule has 7 heteroatoms. The van der Waals surface area contributed by atoms with Crippen LogP contribution in [0.3, 0.4) is 0 Å². The van der Waals surface area contributed by atoms with Crippen LogP contribution in [0.1, 0.15) is 44.9 Å². The number of sulfonamides is 1. The zero-order valence-corrected chi connectivity index (χ0v) is 14.8. The summed E-state index contributed by atoms with van der Waals surface area (Å²) in [6.07, 6.45) is 6.53. The van der Waals surface area contributed by atoms with Crippen LogP contribution in [0.2, 0.25) is 0 Å². The SMILES string of the molecule is NCCCCCCC(=O)Nc1ccc(S(=O)(=O)NCC2CC2)cc1. The summed E-state index contributed by atoms with van der Waals surface area (Å²) in [5, 5.41) is 2.79. The molecule has 1 aliphatic carbocycles. The molecule has 1 aromatic carbocycles. The number of nitrogens with two attached hydrogens (primary N) is 1. The highest BCUT2D eigenvalue weighted by Gasteiger charge is 2.24. The fourth-order valence-corrected chi connectivity index (χ4v) is 3.47. The number of unbranched alkanes of at least 4 members (excludes halogenated alkanes) is 3. The third kappa shape index (κ3) is 6.59. The van der Waals surface area contributed by atoms with Gasteiger partial charge in [0.1, 0.15) is 0 Å². The minimum absolute atomic E-state index is 0.0507. The van der Waals surface area contributed by atoms with Crippen LogP contribution >= 0.6 is 0 Å². The van der Waals surface area contributed by atoms with Crippen molar-refractivity contribution in [2.45, 2.75) is 49.8 Å². The summed E-state index contributed by atoms with van der Waals surface area (Å²) < 4.78 is 26.9. The van der Waals surface area contributed by atoms with Gasteiger partial charge in [-0.05, 0) is 62.4 Å². The largest absolute Gasteiger partial charge is 0.330 e. The molecule has 0 spiro atoms. The first-order valence-corrected chi connectivity index (χ1v) is 10.1. The molecule has 134 valence electrons. The van der Waals surface area contributed by atoms with E-state index >= 15 is 0 Å². The highest BCUT2D eigenvalue weighted by Crippen LogP contribution is 2.28. The molecule has 0 heterocycles. The third-order valence-corrected chi connectivity index (χ3v) is 5.50. The summed E-state index contributed by atoms with van der Waals surface area (Å²) in [5.41, 5.74) is 6.04. The molecule has 0 bridgehead atoms. The van der Waals surface area contributed by atoms with Crippen molar-refractivity contribution in [3.05, 3.63) is 24.3 Å². The van der Waals surface area contributed by atoms with Gasteiger partial charge < -0.3 is 11.1 Å². The van der Waals surface area contributed by atoms with Crippen molar-refractivity contribution in [3.63, 3.8) is 0 Å². The van der Waals surface area contributed by atoms with Crippen LogP contribution in [0, 0.1) is 5.92 Å². The van der Waals surface area contributed by atoms with Gasteiger partial charge in [0, 0.05) is 18.7 Å². The highest BCUT2D eigenvalue weighted by atomic mass is 32.2. The highest BCUT2D eigenvalue weighted by molar-refractivity contribution is 7.89. The van der Waals surface area contributed by atoms with E-state index in [0.29, 0.717) is 31.1 Å². The fraction of sp³-hybridized carbons (Fsp3) is 0.588. The summed E-state index contributed by atoms with van der Waals surface area (Å²) in [6, 6.07) is 6.29. The lowest BCUT2D eigenvalue weighted by molar-refractivity contribution is -0.116. The van der Waals surface area contributed by atoms with Crippen molar-refractivity contribution in [3.8, 4) is 0 Å². The fourth-order valence-electron chi connectivity index (χ4n) is 2.36. The van der Waals surface area contributed by atoms with Crippen molar-refractivity contribution in [2.24, 2.45) is 11.7 Å². The second kappa shape index (κ2) is 9.15. The molecular weight excluding hydrogens is 326 g/mol. The van der Waals surface area contributed by atoms with E-state index in [9.17, 15) is 13.2 Å². The maximum Gasteiger partial charge on any atom is 0.240 e. The lowest BCUT2D eigenvalue weighted by Gasteiger charge is -2.08. The van der Waals surface area contributed by atoms with E-state index in [1.54, 1.807) is 12.1 Å². The van der Waals surface area contributed by atoms with Gasteiger partial charge in [0.05, 0.1) is 4.90 Å². The quantitative estimate of drug-likeness (QED) is 0.531. The maximum absolute atomic E-state index is 12.1. The Balaban J connectivity index is 1.77. The molecule has 1 aliphatic rings. The molecule has 6 nitrogen and oxygen atoms in total. The molecule has 0 saturated heterocycles. The predicted molar refractivity (Wildman–Crippen MR) is 95.1 cm³/mol. The van der Waals surface area contributed by atoms with Crippen molar-refractivity contribution < 1.29 is 13.2 Å². The molecule has 2 rings (SSSR count). The van der Waals surface area contributed by atoms with Gasteiger partial charge in [0.2, 0.25) is 15.9 Å². The molecule has 1 amide bonds. The molecule has 1 saturated carbocycles. The van der Waals surface area contributed by atoms with Crippen LogP contribution in [0.15, 0.2) is 29.2 Å². The molecule has 0 atom stereocenters. The third-order valence-electron chi connectivity index (χ3n) is 4.07. The number of rotatable bonds is 11. The summed E-state index contributed by atoms with van der Waals surface area (Å²) in [4.78, 5) is 12.1. The maximum atomic E-state index is 12.1. The average Bonchev–Trinajstić information content (AvgIpc) is 3.38. The summed E-state index contributed by atoms with van der Waals surface area (Å²) in [7, 11) is -3.46. The van der Waals surface area contributed by atoms with Crippen LogP contribution in [-0.4, -0.2) is 27.4 Å². The molecule has 24 heavy (non-hydrogen) atoms. The summed E-state index contributed by atoms with van der Waals surface area (Å²) in [6.45, 7) is 1.20. The average molecular weight is 353 g/mol. The number of hydrogen-bond acceptors (Lipinski definition) is 4. The first-order valence-electron chi connectivity index (χ1n) is 8.61. The number of nitrogens with one attached hydrogen (secondary N) is 2. The molecule has 4 N–H and O–H groups in total. The van der Waals surface area contributed by atoms with Gasteiger partial charge in [-0.15, -0.1) is 0 Å². The Morgan fingerprint density at radius 3 is 2.38 bits per heavy atom. The molecule has 1 aromatic rings. The standard InChI is InChI=1S/C17H27N3O3S/c18-12-4-2-1-3-5-17(21)20-15-8-10-16(11-9-15)24(22,23)19-13-14-6-7-14/h8-11,14,19H,1-7,12-13,18H2,(H,20,21). The predicted octanol–water partition coefficient (Wildman–Crippen LogP) is 2.22. The van der Waals surface area contributed by atoms with E-state index in [1.807, 2.05) is 0 Å². The monoisotopic (exact) mass is 353 g/mol. The molecule has 1 fully saturated rings. The van der Waals surface area contributed by atoms with Crippen LogP contribution in [0.5, 0.6) is 0 Å². The number of benzene rings is 1. The summed E-state index contributed by atoms with van der Waals surface area (Å²) in [5.74, 6) is 0.438. The normalized spacial score (nSPS) is 14.5. The Morgan fingerprint density at radius 2 is 1.75 bits per heavy atom. The van der Waals surface area contributed by atoms with E-state index < -0.39 is 10.0 Å². The number of hydrogen-bond donors (Lipinski definition) is 3. The Labute approximate surface area is 144 Å². The van der Waals surface area contributed by atoms with Gasteiger partial charge in [-0.3, -0.25) is 4.79 Å². The van der Waals surface area contributed by atoms with Gasteiger partial charge >= 0.3 is 0 Å². The Morgan fingerprint density at radius 1 is 1.08 bits per heavy atom. The topological polar surface area (TPSA) is 101 Å². The minimum atomic E-state index is -3.46. The first-order chi connectivity index (χ1) is 11.5. The zero-order chi connectivity index (χ0) is 17.4. The first kappa shape index (κ1) is 18.9. The van der Waals surface area contributed by atoms with Crippen molar-refractivity contribution >= 4 is 21.6 Å². The van der Waals surface area contributed by atoms with Gasteiger partial charge in [0.15, 0.2) is 0 Å². The number of carbonyl (C=O) groups excluding carboxylic acids is 1. The van der Waals surface area contributed by atoms with Crippen LogP contribution in [0.25, 0.3) is 0 Å². The van der Waals surface area contributed by atoms with Gasteiger partial charge in [0.25, 0.3) is 0 Å². The zero-order valence-electron chi connectivity index (χ0n) is 14.0. The van der Waals surface area contributed by atoms with Crippen LogP contribution < -0.4 is 15.8 Å². The van der Waals surface area contributed by atoms with E-state index in [-0.39, 0.29) is 10.8 Å². The second-order valence-electron chi connectivity index (χ2n) is 6.32. The van der Waals surface area contributed by atoms with Gasteiger partial charge in [-0.25, -0.2) is 13.1 Å². The lowest BCUT2D eigenvalue weighted by Crippen LogP contribution is -2.25. The van der Waals surface area contributed by atoms with Gasteiger partial charge in [-0.1, -0.05) is 12.8 Å². The van der Waals surface area contributed by atoms with Crippen molar-refractivity contribution in [1.29, 1.82) is 0 Å². The van der Waals surface area contributed by atoms with Crippen molar-refractivity contribution in [1.82, 2.24) is 4.72 Å². The molecule has 0 radical (unpaired) electrons. The van der Waals surface area contributed by atoms with E-state index in [0.717, 1.165) is 38.5 Å². The summed E-state index contributed by atoms with van der Waals surface area (Å²) >= 11 is 0. The smallest absolute Gasteiger partial charge is 0.240 e. The number of amides is 1. The minimum Gasteiger partial charge on any atom is -0.330 e. The molecule has 0 aromatic heterocycles.